The minimum absolute atomic E-state index is 0.103. The molecular weight excluding hydrogens is 246 g/mol. The molecule has 0 bridgehead atoms. The standard InChI is InChI=1S/C12H17N5O2/c1-8-11(12(18)19)17-10(14-8)5-4-9(15-17)13-6-7-16(2)3/h4-5H,6-7H2,1-3H3,(H,13,15)(H,18,19). The number of nitrogens with zero attached hydrogens (tertiary/aromatic N) is 4. The number of hydrogen-bond acceptors (Lipinski definition) is 5. The molecule has 0 aromatic carbocycles. The second kappa shape index (κ2) is 5.23. The van der Waals surface area contributed by atoms with Gasteiger partial charge < -0.3 is 15.3 Å². The summed E-state index contributed by atoms with van der Waals surface area (Å²) >= 11 is 0. The van der Waals surface area contributed by atoms with Crippen molar-refractivity contribution in [3.8, 4) is 0 Å². The molecule has 2 aromatic heterocycles. The zero-order chi connectivity index (χ0) is 14.0. The van der Waals surface area contributed by atoms with Crippen molar-refractivity contribution < 1.29 is 9.90 Å². The Morgan fingerprint density at radius 1 is 1.47 bits per heavy atom. The van der Waals surface area contributed by atoms with E-state index in [1.54, 1.807) is 19.1 Å². The number of aromatic nitrogens is 3. The summed E-state index contributed by atoms with van der Waals surface area (Å²) in [6.45, 7) is 3.27. The number of aromatic carboxylic acids is 1. The molecule has 0 radical (unpaired) electrons. The summed E-state index contributed by atoms with van der Waals surface area (Å²) in [5, 5.41) is 16.6. The van der Waals surface area contributed by atoms with Crippen LogP contribution < -0.4 is 5.32 Å². The number of aryl methyl sites for hydroxylation is 1. The van der Waals surface area contributed by atoms with E-state index in [4.69, 9.17) is 5.11 Å². The van der Waals surface area contributed by atoms with Gasteiger partial charge in [0.1, 0.15) is 5.82 Å². The van der Waals surface area contributed by atoms with E-state index < -0.39 is 5.97 Å². The van der Waals surface area contributed by atoms with E-state index in [2.05, 4.69) is 20.3 Å². The first-order chi connectivity index (χ1) is 8.99. The van der Waals surface area contributed by atoms with Gasteiger partial charge in [0.2, 0.25) is 0 Å². The summed E-state index contributed by atoms with van der Waals surface area (Å²) in [7, 11) is 3.97. The fourth-order valence-corrected chi connectivity index (χ4v) is 1.79. The molecule has 0 aliphatic carbocycles. The highest BCUT2D eigenvalue weighted by Gasteiger charge is 2.16. The van der Waals surface area contributed by atoms with Crippen LogP contribution >= 0.6 is 0 Å². The average Bonchev–Trinajstić information content (AvgIpc) is 2.63. The zero-order valence-corrected chi connectivity index (χ0v) is 11.2. The fraction of sp³-hybridized carbons (Fsp3) is 0.417. The summed E-state index contributed by atoms with van der Waals surface area (Å²) < 4.78 is 1.36. The maximum absolute atomic E-state index is 11.2. The zero-order valence-electron chi connectivity index (χ0n) is 11.2. The fourth-order valence-electron chi connectivity index (χ4n) is 1.79. The van der Waals surface area contributed by atoms with Crippen LogP contribution in [0.5, 0.6) is 0 Å². The lowest BCUT2D eigenvalue weighted by Crippen LogP contribution is -2.21. The number of nitrogens with one attached hydrogen (secondary N) is 1. The number of carbonyl (C=O) groups is 1. The highest BCUT2D eigenvalue weighted by Crippen LogP contribution is 2.13. The highest BCUT2D eigenvalue weighted by atomic mass is 16.4. The van der Waals surface area contributed by atoms with Gasteiger partial charge in [-0.25, -0.2) is 14.3 Å². The van der Waals surface area contributed by atoms with Crippen LogP contribution in [0, 0.1) is 6.92 Å². The van der Waals surface area contributed by atoms with Crippen LogP contribution in [0.3, 0.4) is 0 Å². The summed E-state index contributed by atoms with van der Waals surface area (Å²) in [5.41, 5.74) is 1.10. The van der Waals surface area contributed by atoms with Crippen LogP contribution in [0.25, 0.3) is 5.65 Å². The van der Waals surface area contributed by atoms with Gasteiger partial charge in [-0.3, -0.25) is 0 Å². The molecule has 0 spiro atoms. The van der Waals surface area contributed by atoms with Crippen molar-refractivity contribution in [2.75, 3.05) is 32.5 Å². The Bertz CT molecular complexity index is 605. The van der Waals surface area contributed by atoms with Gasteiger partial charge in [0, 0.05) is 13.1 Å². The third-order valence-electron chi connectivity index (χ3n) is 2.72. The number of carboxylic acids is 1. The molecule has 2 rings (SSSR count). The molecule has 0 unspecified atom stereocenters. The van der Waals surface area contributed by atoms with Crippen LogP contribution in [-0.4, -0.2) is 57.8 Å². The van der Waals surface area contributed by atoms with Crippen LogP contribution in [0.1, 0.15) is 16.2 Å². The molecule has 0 aliphatic heterocycles. The molecule has 2 aromatic rings. The monoisotopic (exact) mass is 263 g/mol. The number of carboxylic acid groups (broad SMARTS) is 1. The number of anilines is 1. The second-order valence-electron chi connectivity index (χ2n) is 4.57. The molecule has 0 aliphatic rings. The van der Waals surface area contributed by atoms with E-state index in [1.165, 1.54) is 4.52 Å². The SMILES string of the molecule is Cc1nc2ccc(NCCN(C)C)nn2c1C(=O)O. The predicted octanol–water partition coefficient (Wildman–Crippen LogP) is 0.709. The average molecular weight is 263 g/mol. The first-order valence-corrected chi connectivity index (χ1v) is 5.97. The molecule has 7 nitrogen and oxygen atoms in total. The van der Waals surface area contributed by atoms with Crippen LogP contribution in [0.4, 0.5) is 5.82 Å². The quantitative estimate of drug-likeness (QED) is 0.826. The largest absolute Gasteiger partial charge is 0.476 e. The van der Waals surface area contributed by atoms with Gasteiger partial charge in [-0.2, -0.15) is 0 Å². The number of hydrogen-bond donors (Lipinski definition) is 2. The van der Waals surface area contributed by atoms with Crippen molar-refractivity contribution in [2.24, 2.45) is 0 Å². The number of likely N-dealkylation sites (N-methyl/N-ethyl adjacent to an activating group) is 1. The minimum Gasteiger partial charge on any atom is -0.476 e. The Morgan fingerprint density at radius 2 is 2.21 bits per heavy atom. The van der Waals surface area contributed by atoms with Gasteiger partial charge in [0.25, 0.3) is 0 Å². The Balaban J connectivity index is 2.28. The predicted molar refractivity (Wildman–Crippen MR) is 71.7 cm³/mol. The van der Waals surface area contributed by atoms with Gasteiger partial charge in [-0.05, 0) is 33.2 Å². The van der Waals surface area contributed by atoms with Crippen molar-refractivity contribution in [1.29, 1.82) is 0 Å². The molecule has 0 saturated heterocycles. The van der Waals surface area contributed by atoms with E-state index >= 15 is 0 Å². The smallest absolute Gasteiger partial charge is 0.356 e. The van der Waals surface area contributed by atoms with Crippen molar-refractivity contribution in [2.45, 2.75) is 6.92 Å². The van der Waals surface area contributed by atoms with Gasteiger partial charge in [0.05, 0.1) is 5.69 Å². The number of rotatable bonds is 5. The first kappa shape index (κ1) is 13.3. The Labute approximate surface area is 110 Å². The molecule has 0 amide bonds. The topological polar surface area (TPSA) is 82.8 Å². The third-order valence-corrected chi connectivity index (χ3v) is 2.72. The molecule has 2 heterocycles. The van der Waals surface area contributed by atoms with Crippen molar-refractivity contribution >= 4 is 17.4 Å². The molecule has 7 heteroatoms. The molecule has 0 fully saturated rings. The molecular formula is C12H17N5O2. The highest BCUT2D eigenvalue weighted by molar-refractivity contribution is 5.88. The van der Waals surface area contributed by atoms with Gasteiger partial charge in [-0.1, -0.05) is 0 Å². The lowest BCUT2D eigenvalue weighted by atomic mass is 10.3. The summed E-state index contributed by atoms with van der Waals surface area (Å²) in [6, 6.07) is 3.55. The molecule has 19 heavy (non-hydrogen) atoms. The van der Waals surface area contributed by atoms with Gasteiger partial charge >= 0.3 is 5.97 Å². The maximum atomic E-state index is 11.2. The van der Waals surface area contributed by atoms with E-state index in [9.17, 15) is 4.79 Å². The van der Waals surface area contributed by atoms with Gasteiger partial charge in [0.15, 0.2) is 11.3 Å². The number of fused-ring (bicyclic) bond motifs is 1. The van der Waals surface area contributed by atoms with Crippen molar-refractivity contribution in [1.82, 2.24) is 19.5 Å². The lowest BCUT2D eigenvalue weighted by molar-refractivity contribution is 0.0687. The molecule has 102 valence electrons. The summed E-state index contributed by atoms with van der Waals surface area (Å²) in [6.07, 6.45) is 0. The summed E-state index contributed by atoms with van der Waals surface area (Å²) in [4.78, 5) is 17.4. The van der Waals surface area contributed by atoms with Crippen LogP contribution in [-0.2, 0) is 0 Å². The number of imidazole rings is 1. The third kappa shape index (κ3) is 2.82. The van der Waals surface area contributed by atoms with Gasteiger partial charge in [-0.15, -0.1) is 5.10 Å². The van der Waals surface area contributed by atoms with E-state index in [0.717, 1.165) is 13.1 Å². The van der Waals surface area contributed by atoms with E-state index in [0.29, 0.717) is 17.2 Å². The van der Waals surface area contributed by atoms with E-state index in [1.807, 2.05) is 14.1 Å². The van der Waals surface area contributed by atoms with Crippen molar-refractivity contribution in [3.63, 3.8) is 0 Å². The van der Waals surface area contributed by atoms with Crippen molar-refractivity contribution in [3.05, 3.63) is 23.5 Å². The first-order valence-electron chi connectivity index (χ1n) is 5.97. The Hall–Kier alpha value is -2.15. The lowest BCUT2D eigenvalue weighted by Gasteiger charge is -2.10. The Kier molecular flexibility index (Phi) is 3.66. The maximum Gasteiger partial charge on any atom is 0.356 e. The van der Waals surface area contributed by atoms with Crippen LogP contribution in [0.2, 0.25) is 0 Å². The molecule has 2 N–H and O–H groups in total. The molecule has 0 atom stereocenters. The second-order valence-corrected chi connectivity index (χ2v) is 4.57. The normalized spacial score (nSPS) is 11.2. The molecule has 0 saturated carbocycles. The van der Waals surface area contributed by atoms with Crippen LogP contribution in [0.15, 0.2) is 12.1 Å². The van der Waals surface area contributed by atoms with E-state index in [-0.39, 0.29) is 5.69 Å². The minimum atomic E-state index is -1.03. The Morgan fingerprint density at radius 3 is 2.84 bits per heavy atom. The summed E-state index contributed by atoms with van der Waals surface area (Å²) in [5.74, 6) is -0.391.